The van der Waals surface area contributed by atoms with Crippen molar-refractivity contribution in [1.82, 2.24) is 18.0 Å². The Labute approximate surface area is 336 Å². The van der Waals surface area contributed by atoms with E-state index in [2.05, 4.69) is 0 Å². The van der Waals surface area contributed by atoms with Crippen LogP contribution in [-0.2, 0) is 53.2 Å². The number of aromatic nitrogens is 3. The summed E-state index contributed by atoms with van der Waals surface area (Å²) < 4.78 is 52.7. The average molecular weight is 803 g/mol. The number of amides is 1. The SMILES string of the molecule is CC[C@@H]1[C@H](OCc2ccccc2)Oc2c(c(=O)n(C)c(=O)n2C)[C@@H]1C[C@@H]1c2c(c3ccccc3n2S(=O)(=O)c2ccc(C)cc2)CCN1C(=O)OCc1ccccc1. The molecule has 300 valence electrons. The topological polar surface area (TPSA) is 131 Å². The summed E-state index contributed by atoms with van der Waals surface area (Å²) in [6, 6.07) is 32.2. The molecule has 0 radical (unpaired) electrons. The second-order valence-electron chi connectivity index (χ2n) is 15.1. The summed E-state index contributed by atoms with van der Waals surface area (Å²) in [6.07, 6.45) is -0.540. The van der Waals surface area contributed by atoms with Gasteiger partial charge in [-0.15, -0.1) is 0 Å². The Morgan fingerprint density at radius 1 is 0.828 bits per heavy atom. The number of hydrogen-bond donors (Lipinski definition) is 0. The molecule has 6 aromatic rings. The lowest BCUT2D eigenvalue weighted by atomic mass is 9.77. The van der Waals surface area contributed by atoms with Crippen molar-refractivity contribution < 1.29 is 27.4 Å². The second-order valence-corrected chi connectivity index (χ2v) is 16.9. The van der Waals surface area contributed by atoms with Crippen LogP contribution in [0.15, 0.2) is 124 Å². The van der Waals surface area contributed by atoms with Crippen LogP contribution in [0.25, 0.3) is 10.9 Å². The van der Waals surface area contributed by atoms with Crippen molar-refractivity contribution in [2.24, 2.45) is 20.0 Å². The Hall–Kier alpha value is -5.92. The maximum atomic E-state index is 15.0. The van der Waals surface area contributed by atoms with Crippen LogP contribution in [0.3, 0.4) is 0 Å². The number of nitrogens with zero attached hydrogens (tertiary/aromatic N) is 4. The molecule has 58 heavy (non-hydrogen) atoms. The van der Waals surface area contributed by atoms with Gasteiger partial charge in [-0.3, -0.25) is 18.8 Å². The average Bonchev–Trinajstić information content (AvgIpc) is 3.60. The molecule has 1 amide bonds. The van der Waals surface area contributed by atoms with Crippen LogP contribution in [0.4, 0.5) is 4.79 Å². The molecule has 0 unspecified atom stereocenters. The van der Waals surface area contributed by atoms with E-state index in [4.69, 9.17) is 14.2 Å². The fraction of sp³-hybridized carbons (Fsp3) is 0.311. The standard InChI is InChI=1S/C45H46N4O8S/c1-5-33-36(39-41(50)46(3)44(51)47(4)42(39)57-43(33)55-27-30-14-8-6-9-15-30)26-38-40-35(24-25-48(38)45(52)56-28-31-16-10-7-11-17-31)34-18-12-13-19-37(34)49(40)58(53,54)32-22-20-29(2)21-23-32/h6-23,33,36,38,43H,5,24-28H2,1-4H3/t33-,36+,38+,43+/m0/s1. The van der Waals surface area contributed by atoms with Crippen molar-refractivity contribution in [2.45, 2.75) is 69.5 Å². The quantitative estimate of drug-likeness (QED) is 0.145. The first-order chi connectivity index (χ1) is 28.0. The molecule has 4 heterocycles. The molecule has 0 fully saturated rings. The Balaban J connectivity index is 1.32. The van der Waals surface area contributed by atoms with Crippen molar-refractivity contribution in [3.05, 3.63) is 164 Å². The van der Waals surface area contributed by atoms with E-state index in [-0.39, 0.29) is 42.5 Å². The highest BCUT2D eigenvalue weighted by Crippen LogP contribution is 2.49. The molecular weight excluding hydrogens is 757 g/mol. The highest BCUT2D eigenvalue weighted by molar-refractivity contribution is 7.90. The molecule has 0 N–H and O–H groups in total. The Morgan fingerprint density at radius 2 is 1.47 bits per heavy atom. The minimum atomic E-state index is -4.24. The van der Waals surface area contributed by atoms with Gasteiger partial charge in [-0.25, -0.2) is 22.0 Å². The zero-order valence-corrected chi connectivity index (χ0v) is 33.7. The lowest BCUT2D eigenvalue weighted by Crippen LogP contribution is -2.49. The molecular formula is C45H46N4O8S. The van der Waals surface area contributed by atoms with Crippen molar-refractivity contribution in [1.29, 1.82) is 0 Å². The van der Waals surface area contributed by atoms with Crippen molar-refractivity contribution >= 4 is 27.0 Å². The number of carbonyl (C=O) groups excluding carboxylic acids is 1. The number of carbonyl (C=O) groups is 1. The van der Waals surface area contributed by atoms with Gasteiger partial charge in [0.05, 0.1) is 34.3 Å². The van der Waals surface area contributed by atoms with Gasteiger partial charge < -0.3 is 14.2 Å². The van der Waals surface area contributed by atoms with E-state index in [9.17, 15) is 22.8 Å². The maximum absolute atomic E-state index is 15.0. The van der Waals surface area contributed by atoms with Crippen LogP contribution < -0.4 is 16.0 Å². The van der Waals surface area contributed by atoms with E-state index in [0.29, 0.717) is 24.1 Å². The van der Waals surface area contributed by atoms with Gasteiger partial charge in [0, 0.05) is 37.9 Å². The minimum Gasteiger partial charge on any atom is -0.449 e. The Morgan fingerprint density at radius 3 is 2.14 bits per heavy atom. The molecule has 8 rings (SSSR count). The van der Waals surface area contributed by atoms with Crippen molar-refractivity contribution in [3.63, 3.8) is 0 Å². The van der Waals surface area contributed by atoms with Crippen LogP contribution in [0.1, 0.15) is 65.2 Å². The van der Waals surface area contributed by atoms with E-state index in [0.717, 1.165) is 32.2 Å². The first-order valence-corrected chi connectivity index (χ1v) is 21.0. The lowest BCUT2D eigenvalue weighted by Gasteiger charge is -2.43. The zero-order valence-electron chi connectivity index (χ0n) is 32.9. The van der Waals surface area contributed by atoms with Gasteiger partial charge in [-0.2, -0.15) is 0 Å². The molecule has 0 spiro atoms. The molecule has 13 heteroatoms. The molecule has 0 saturated carbocycles. The van der Waals surface area contributed by atoms with Gasteiger partial charge in [0.25, 0.3) is 15.6 Å². The first kappa shape index (κ1) is 38.9. The van der Waals surface area contributed by atoms with E-state index >= 15 is 0 Å². The highest BCUT2D eigenvalue weighted by Gasteiger charge is 2.47. The maximum Gasteiger partial charge on any atom is 0.410 e. The second kappa shape index (κ2) is 15.8. The number of para-hydroxylation sites is 1. The van der Waals surface area contributed by atoms with Gasteiger partial charge in [-0.1, -0.05) is 103 Å². The van der Waals surface area contributed by atoms with Gasteiger partial charge in [0.2, 0.25) is 12.2 Å². The summed E-state index contributed by atoms with van der Waals surface area (Å²) in [7, 11) is -1.26. The van der Waals surface area contributed by atoms with Gasteiger partial charge >= 0.3 is 11.8 Å². The molecule has 2 aliphatic heterocycles. The van der Waals surface area contributed by atoms with Gasteiger partial charge in [-0.05, 0) is 61.1 Å². The fourth-order valence-corrected chi connectivity index (χ4v) is 10.2. The Kier molecular flexibility index (Phi) is 10.6. The summed E-state index contributed by atoms with van der Waals surface area (Å²) in [5, 5.41) is 0.761. The first-order valence-electron chi connectivity index (χ1n) is 19.5. The van der Waals surface area contributed by atoms with Crippen LogP contribution >= 0.6 is 0 Å². The lowest BCUT2D eigenvalue weighted by molar-refractivity contribution is -0.146. The van der Waals surface area contributed by atoms with E-state index in [1.165, 1.54) is 15.6 Å². The third-order valence-electron chi connectivity index (χ3n) is 11.6. The van der Waals surface area contributed by atoms with Crippen molar-refractivity contribution in [3.8, 4) is 5.88 Å². The molecule has 2 aliphatic rings. The monoisotopic (exact) mass is 802 g/mol. The number of aryl methyl sites for hydroxylation is 1. The van der Waals surface area contributed by atoms with Crippen molar-refractivity contribution in [2.75, 3.05) is 6.54 Å². The molecule has 0 aliphatic carbocycles. The largest absolute Gasteiger partial charge is 0.449 e. The zero-order chi connectivity index (χ0) is 40.7. The fourth-order valence-electron chi connectivity index (χ4n) is 8.60. The summed E-state index contributed by atoms with van der Waals surface area (Å²) in [6.45, 7) is 4.32. The summed E-state index contributed by atoms with van der Waals surface area (Å²) in [5.74, 6) is -1.02. The van der Waals surface area contributed by atoms with Crippen LogP contribution in [0.5, 0.6) is 5.88 Å². The molecule has 4 aromatic carbocycles. The van der Waals surface area contributed by atoms with E-state index in [1.807, 2.05) is 86.6 Å². The van der Waals surface area contributed by atoms with E-state index < -0.39 is 51.5 Å². The number of ether oxygens (including phenoxy) is 3. The predicted octanol–water partition coefficient (Wildman–Crippen LogP) is 6.96. The molecule has 0 bridgehead atoms. The minimum absolute atomic E-state index is 0.0101. The molecule has 12 nitrogen and oxygen atoms in total. The molecule has 0 saturated heterocycles. The highest BCUT2D eigenvalue weighted by atomic mass is 32.2. The smallest absolute Gasteiger partial charge is 0.410 e. The summed E-state index contributed by atoms with van der Waals surface area (Å²) in [5.41, 5.74) is 3.52. The van der Waals surface area contributed by atoms with Crippen LogP contribution in [-0.4, -0.2) is 45.4 Å². The Bertz CT molecular complexity index is 2710. The van der Waals surface area contributed by atoms with Gasteiger partial charge in [0.1, 0.15) is 6.61 Å². The number of rotatable bonds is 10. The van der Waals surface area contributed by atoms with E-state index in [1.54, 1.807) is 48.3 Å². The van der Waals surface area contributed by atoms with Crippen LogP contribution in [0.2, 0.25) is 0 Å². The van der Waals surface area contributed by atoms with Crippen LogP contribution in [0, 0.1) is 12.8 Å². The third kappa shape index (κ3) is 6.92. The summed E-state index contributed by atoms with van der Waals surface area (Å²) in [4.78, 5) is 43.8. The number of benzene rings is 4. The molecule has 4 atom stereocenters. The third-order valence-corrected chi connectivity index (χ3v) is 13.3. The molecule has 2 aromatic heterocycles. The summed E-state index contributed by atoms with van der Waals surface area (Å²) >= 11 is 0. The number of fused-ring (bicyclic) bond motifs is 4. The normalized spacial score (nSPS) is 19.0. The van der Waals surface area contributed by atoms with Gasteiger partial charge in [0.15, 0.2) is 0 Å². The number of hydrogen-bond acceptors (Lipinski definition) is 8. The predicted molar refractivity (Wildman–Crippen MR) is 219 cm³/mol.